The van der Waals surface area contributed by atoms with Gasteiger partial charge >= 0.3 is 0 Å². The second-order valence-corrected chi connectivity index (χ2v) is 3.98. The van der Waals surface area contributed by atoms with Gasteiger partial charge in [-0.25, -0.2) is 0 Å². The minimum Gasteiger partial charge on any atom is -0.250 e. The van der Waals surface area contributed by atoms with Gasteiger partial charge in [0.2, 0.25) is 0 Å². The molecule has 0 spiro atoms. The van der Waals surface area contributed by atoms with Gasteiger partial charge in [0.1, 0.15) is 40.0 Å². The van der Waals surface area contributed by atoms with Crippen LogP contribution in [0.25, 0.3) is 0 Å². The Hall–Kier alpha value is -0.420. The van der Waals surface area contributed by atoms with Crippen molar-refractivity contribution in [3.63, 3.8) is 0 Å². The van der Waals surface area contributed by atoms with Crippen molar-refractivity contribution < 1.29 is 26.3 Å². The topological polar surface area (TPSA) is 0 Å². The highest BCUT2D eigenvalue weighted by molar-refractivity contribution is 4.89. The van der Waals surface area contributed by atoms with Gasteiger partial charge in [-0.2, -0.15) is 0 Å². The van der Waals surface area contributed by atoms with Crippen LogP contribution in [0.3, 0.4) is 0 Å². The smallest absolute Gasteiger partial charge is 0.100 e. The molecule has 92 valence electrons. The van der Waals surface area contributed by atoms with Crippen LogP contribution in [0.1, 0.15) is 6.42 Å². The third-order valence-electron chi connectivity index (χ3n) is 2.45. The van der Waals surface area contributed by atoms with Gasteiger partial charge in [-0.3, -0.25) is 26.3 Å². The zero-order chi connectivity index (χ0) is 11.9. The van der Waals surface area contributed by atoms with Crippen molar-refractivity contribution in [3.05, 3.63) is 0 Å². The molecule has 0 aromatic rings. The van der Waals surface area contributed by atoms with Crippen molar-refractivity contribution in [2.75, 3.05) is 40.0 Å². The maximum Gasteiger partial charge on any atom is 0.100 e. The summed E-state index contributed by atoms with van der Waals surface area (Å²) < 4.78 is 74.4. The minimum atomic E-state index is -2.11. The maximum atomic E-state index is 12.4. The molecule has 0 aliphatic heterocycles. The molecule has 0 saturated carbocycles. The molecule has 15 heavy (non-hydrogen) atoms. The summed E-state index contributed by atoms with van der Waals surface area (Å²) in [4.78, 5) is 0. The highest BCUT2D eigenvalue weighted by atomic mass is 19.2. The fourth-order valence-corrected chi connectivity index (χ4v) is 1.29. The lowest BCUT2D eigenvalue weighted by Gasteiger charge is -2.34. The Kier molecular flexibility index (Phi) is 6.05. The lowest BCUT2D eigenvalue weighted by Crippen LogP contribution is -2.40. The van der Waals surface area contributed by atoms with Crippen LogP contribution in [0.2, 0.25) is 0 Å². The van der Waals surface area contributed by atoms with Gasteiger partial charge in [0.05, 0.1) is 10.8 Å². The highest BCUT2D eigenvalue weighted by Gasteiger charge is 2.43. The van der Waals surface area contributed by atoms with Crippen molar-refractivity contribution in [3.8, 4) is 0 Å². The van der Waals surface area contributed by atoms with E-state index in [2.05, 4.69) is 0 Å². The Morgan fingerprint density at radius 2 is 0.667 bits per heavy atom. The van der Waals surface area contributed by atoms with E-state index in [4.69, 9.17) is 0 Å². The summed E-state index contributed by atoms with van der Waals surface area (Å²) in [6.45, 7) is -8.41. The molecule has 0 unspecified atom stereocenters. The summed E-state index contributed by atoms with van der Waals surface area (Å²) in [5.41, 5.74) is -4.21. The molecular formula is C9H14F6. The second kappa shape index (κ2) is 6.23. The largest absolute Gasteiger partial charge is 0.250 e. The Morgan fingerprint density at radius 1 is 0.467 bits per heavy atom. The van der Waals surface area contributed by atoms with Gasteiger partial charge in [-0.05, 0) is 6.42 Å². The van der Waals surface area contributed by atoms with Gasteiger partial charge in [0, 0.05) is 0 Å². The average molecular weight is 236 g/mol. The van der Waals surface area contributed by atoms with Gasteiger partial charge in [0.15, 0.2) is 0 Å². The number of hydrogen-bond donors (Lipinski definition) is 0. The first-order valence-corrected chi connectivity index (χ1v) is 4.43. The summed E-state index contributed by atoms with van der Waals surface area (Å²) in [7, 11) is 0. The summed E-state index contributed by atoms with van der Waals surface area (Å²) in [6, 6.07) is 0. The van der Waals surface area contributed by atoms with Crippen LogP contribution in [0.4, 0.5) is 26.3 Å². The Balaban J connectivity index is 4.74. The highest BCUT2D eigenvalue weighted by Crippen LogP contribution is 2.37. The lowest BCUT2D eigenvalue weighted by molar-refractivity contribution is 0.00571. The molecule has 0 saturated heterocycles. The van der Waals surface area contributed by atoms with E-state index in [0.717, 1.165) is 0 Å². The van der Waals surface area contributed by atoms with Crippen LogP contribution in [0.15, 0.2) is 0 Å². The van der Waals surface area contributed by atoms with Crippen molar-refractivity contribution in [1.82, 2.24) is 0 Å². The van der Waals surface area contributed by atoms with E-state index < -0.39 is 57.3 Å². The Labute approximate surface area is 84.7 Å². The molecule has 0 nitrogen and oxygen atoms in total. The van der Waals surface area contributed by atoms with Gasteiger partial charge in [-0.15, -0.1) is 0 Å². The van der Waals surface area contributed by atoms with E-state index in [-0.39, 0.29) is 0 Å². The molecule has 0 aliphatic carbocycles. The van der Waals surface area contributed by atoms with Crippen LogP contribution in [0.5, 0.6) is 0 Å². The molecule has 0 N–H and O–H groups in total. The quantitative estimate of drug-likeness (QED) is 0.568. The van der Waals surface area contributed by atoms with E-state index in [1.807, 2.05) is 0 Å². The lowest BCUT2D eigenvalue weighted by atomic mass is 9.74. The van der Waals surface area contributed by atoms with E-state index in [1.54, 1.807) is 0 Å². The molecule has 0 aliphatic rings. The second-order valence-electron chi connectivity index (χ2n) is 3.98. The maximum absolute atomic E-state index is 12.4. The fraction of sp³-hybridized carbons (Fsp3) is 1.00. The molecule has 0 aromatic carbocycles. The molecule has 0 amide bonds. The first-order chi connectivity index (χ1) is 7.07. The van der Waals surface area contributed by atoms with Crippen molar-refractivity contribution in [1.29, 1.82) is 0 Å². The average Bonchev–Trinajstić information content (AvgIpc) is 2.33. The first kappa shape index (κ1) is 14.6. The van der Waals surface area contributed by atoms with E-state index in [9.17, 15) is 26.3 Å². The van der Waals surface area contributed by atoms with Gasteiger partial charge in [0.25, 0.3) is 0 Å². The van der Waals surface area contributed by atoms with Crippen molar-refractivity contribution >= 4 is 0 Å². The number of hydrogen-bond acceptors (Lipinski definition) is 0. The van der Waals surface area contributed by atoms with Crippen LogP contribution in [0, 0.1) is 10.8 Å². The summed E-state index contributed by atoms with van der Waals surface area (Å²) in [5, 5.41) is 0. The standard InChI is InChI=1S/C9H14F6/c10-2-8(3-11,4-12)1-9(5-13,6-14)7-15/h1-7H2. The molecule has 0 atom stereocenters. The molecule has 0 rings (SSSR count). The minimum absolute atomic E-state index is 0.812. The zero-order valence-corrected chi connectivity index (χ0v) is 8.22. The molecule has 0 heterocycles. The van der Waals surface area contributed by atoms with Gasteiger partial charge < -0.3 is 0 Å². The normalized spacial score (nSPS) is 13.2. The third kappa shape index (κ3) is 3.28. The summed E-state index contributed by atoms with van der Waals surface area (Å²) in [6.07, 6.45) is -0.812. The van der Waals surface area contributed by atoms with Gasteiger partial charge in [-0.1, -0.05) is 0 Å². The number of rotatable bonds is 8. The monoisotopic (exact) mass is 236 g/mol. The van der Waals surface area contributed by atoms with Crippen molar-refractivity contribution in [2.24, 2.45) is 10.8 Å². The van der Waals surface area contributed by atoms with E-state index in [0.29, 0.717) is 0 Å². The number of halogens is 6. The van der Waals surface area contributed by atoms with Crippen LogP contribution in [-0.2, 0) is 0 Å². The van der Waals surface area contributed by atoms with Crippen LogP contribution in [-0.4, -0.2) is 40.0 Å². The van der Waals surface area contributed by atoms with Crippen LogP contribution >= 0.6 is 0 Å². The molecule has 0 aromatic heterocycles. The predicted molar refractivity (Wildman–Crippen MR) is 45.3 cm³/mol. The third-order valence-corrected chi connectivity index (χ3v) is 2.45. The molecule has 0 radical (unpaired) electrons. The first-order valence-electron chi connectivity index (χ1n) is 4.43. The SMILES string of the molecule is FCC(CF)(CF)CC(CF)(CF)CF. The summed E-state index contributed by atoms with van der Waals surface area (Å²) >= 11 is 0. The van der Waals surface area contributed by atoms with E-state index >= 15 is 0 Å². The Bertz CT molecular complexity index is 129. The molecule has 6 heteroatoms. The predicted octanol–water partition coefficient (Wildman–Crippen LogP) is 3.17. The molecular weight excluding hydrogens is 222 g/mol. The zero-order valence-electron chi connectivity index (χ0n) is 8.22. The molecule has 0 bridgehead atoms. The molecule has 0 fully saturated rings. The Morgan fingerprint density at radius 3 is 0.800 bits per heavy atom. The summed E-state index contributed by atoms with van der Waals surface area (Å²) in [5.74, 6) is 0. The fourth-order valence-electron chi connectivity index (χ4n) is 1.29. The van der Waals surface area contributed by atoms with E-state index in [1.165, 1.54) is 0 Å². The van der Waals surface area contributed by atoms with Crippen LogP contribution < -0.4 is 0 Å². The number of alkyl halides is 6. The van der Waals surface area contributed by atoms with Crippen molar-refractivity contribution in [2.45, 2.75) is 6.42 Å².